The van der Waals surface area contributed by atoms with Gasteiger partial charge >= 0.3 is 5.96 Å². The number of halogens is 1. The van der Waals surface area contributed by atoms with Crippen LogP contribution in [0.15, 0.2) is 30.6 Å². The highest BCUT2D eigenvalue weighted by molar-refractivity contribution is 5.85. The van der Waals surface area contributed by atoms with Crippen LogP contribution < -0.4 is 10.3 Å². The van der Waals surface area contributed by atoms with Crippen LogP contribution in [-0.4, -0.2) is 5.96 Å². The van der Waals surface area contributed by atoms with Gasteiger partial charge in [0.15, 0.2) is 0 Å². The molecule has 0 aromatic carbocycles. The lowest BCUT2D eigenvalue weighted by molar-refractivity contribution is -0.558. The lowest BCUT2D eigenvalue weighted by Crippen LogP contribution is -2.46. The second kappa shape index (κ2) is 3.85. The zero-order valence-electron chi connectivity index (χ0n) is 5.32. The van der Waals surface area contributed by atoms with E-state index >= 15 is 0 Å². The Morgan fingerprint density at radius 1 is 1.20 bits per heavy atom. The van der Waals surface area contributed by atoms with Crippen LogP contribution in [0.3, 0.4) is 0 Å². The van der Waals surface area contributed by atoms with E-state index in [1.807, 2.05) is 18.2 Å². The molecule has 3 nitrogen and oxygen atoms in total. The molecule has 1 rings (SSSR count). The summed E-state index contributed by atoms with van der Waals surface area (Å²) in [4.78, 5) is 0. The fraction of sp³-hybridized carbons (Fsp3) is 0. The van der Waals surface area contributed by atoms with Crippen molar-refractivity contribution in [2.75, 3.05) is 0 Å². The van der Waals surface area contributed by atoms with Gasteiger partial charge in [0, 0.05) is 0 Å². The minimum atomic E-state index is 0. The van der Waals surface area contributed by atoms with Crippen LogP contribution in [0.1, 0.15) is 0 Å². The summed E-state index contributed by atoms with van der Waals surface area (Å²) in [6, 6.07) is 5.52. The topological polar surface area (TPSA) is 53.8 Å². The number of hydrogen-bond acceptors (Lipinski definition) is 1. The number of nitrogens with two attached hydrogens (primary N) is 1. The van der Waals surface area contributed by atoms with E-state index in [0.717, 1.165) is 0 Å². The summed E-state index contributed by atoms with van der Waals surface area (Å²) in [5.41, 5.74) is 5.16. The molecule has 1 heterocycles. The fourth-order valence-corrected chi connectivity index (χ4v) is 0.559. The number of nitrogens with one attached hydrogen (secondary N) is 1. The first kappa shape index (κ1) is 8.91. The molecule has 0 bridgehead atoms. The van der Waals surface area contributed by atoms with Crippen LogP contribution in [0.25, 0.3) is 0 Å². The molecule has 1 aromatic rings. The van der Waals surface area contributed by atoms with Crippen LogP contribution in [-0.2, 0) is 0 Å². The predicted octanol–water partition coefficient (Wildman–Crippen LogP) is 0.137. The SMILES string of the molecule is Cl.N=C(N)[n+]1ccccc1. The number of rotatable bonds is 0. The minimum absolute atomic E-state index is 0. The van der Waals surface area contributed by atoms with Gasteiger partial charge < -0.3 is 0 Å². The van der Waals surface area contributed by atoms with Crippen molar-refractivity contribution in [1.82, 2.24) is 0 Å². The Labute approximate surface area is 65.4 Å². The first-order chi connectivity index (χ1) is 4.30. The van der Waals surface area contributed by atoms with Crippen molar-refractivity contribution in [1.29, 1.82) is 5.41 Å². The summed E-state index contributed by atoms with van der Waals surface area (Å²) >= 11 is 0. The number of pyridine rings is 1. The fourth-order valence-electron chi connectivity index (χ4n) is 0.559. The predicted molar refractivity (Wildman–Crippen MR) is 41.2 cm³/mol. The highest BCUT2D eigenvalue weighted by atomic mass is 35.5. The summed E-state index contributed by atoms with van der Waals surface area (Å²) < 4.78 is 1.53. The van der Waals surface area contributed by atoms with Gasteiger partial charge in [-0.2, -0.15) is 0 Å². The monoisotopic (exact) mass is 158 g/mol. The Hall–Kier alpha value is -1.09. The van der Waals surface area contributed by atoms with Crippen molar-refractivity contribution in [3.05, 3.63) is 30.6 Å². The van der Waals surface area contributed by atoms with Crippen molar-refractivity contribution in [2.24, 2.45) is 5.73 Å². The Bertz CT molecular complexity index is 209. The molecule has 0 saturated heterocycles. The van der Waals surface area contributed by atoms with Crippen molar-refractivity contribution in [2.45, 2.75) is 0 Å². The maximum absolute atomic E-state index is 6.98. The molecule has 4 heteroatoms. The van der Waals surface area contributed by atoms with Crippen LogP contribution >= 0.6 is 12.4 Å². The summed E-state index contributed by atoms with van der Waals surface area (Å²) in [7, 11) is 0. The van der Waals surface area contributed by atoms with Gasteiger partial charge in [0.05, 0.1) is 12.4 Å². The van der Waals surface area contributed by atoms with Gasteiger partial charge in [-0.15, -0.1) is 17.8 Å². The quantitative estimate of drug-likeness (QED) is 0.315. The summed E-state index contributed by atoms with van der Waals surface area (Å²) in [6.45, 7) is 0. The average molecular weight is 159 g/mol. The molecular weight excluding hydrogens is 150 g/mol. The van der Waals surface area contributed by atoms with Crippen LogP contribution in [0, 0.1) is 5.41 Å². The van der Waals surface area contributed by atoms with E-state index < -0.39 is 0 Å². The Balaban J connectivity index is 0.000000810. The van der Waals surface area contributed by atoms with Crippen LogP contribution in [0.4, 0.5) is 0 Å². The van der Waals surface area contributed by atoms with E-state index in [2.05, 4.69) is 0 Å². The molecule has 0 atom stereocenters. The van der Waals surface area contributed by atoms with Gasteiger partial charge in [0.2, 0.25) is 0 Å². The zero-order chi connectivity index (χ0) is 6.69. The number of nitrogen functional groups attached to an aromatic ring is 1. The lowest BCUT2D eigenvalue weighted by Gasteiger charge is -1.90. The van der Waals surface area contributed by atoms with Gasteiger partial charge in [-0.25, -0.2) is 4.57 Å². The normalized spacial score (nSPS) is 8.00. The lowest BCUT2D eigenvalue weighted by atomic mass is 10.5. The van der Waals surface area contributed by atoms with Crippen LogP contribution in [0.5, 0.6) is 0 Å². The third-order valence-corrected chi connectivity index (χ3v) is 0.994. The Morgan fingerprint density at radius 2 is 1.70 bits per heavy atom. The smallest absolute Gasteiger partial charge is 0.287 e. The molecule has 3 N–H and O–H groups in total. The summed E-state index contributed by atoms with van der Waals surface area (Å²) in [5.74, 6) is 0.0376. The van der Waals surface area contributed by atoms with Crippen molar-refractivity contribution in [3.63, 3.8) is 0 Å². The molecule has 0 saturated carbocycles. The van der Waals surface area contributed by atoms with E-state index in [0.29, 0.717) is 0 Å². The molecule has 0 aliphatic heterocycles. The molecular formula is C6H9ClN3+. The van der Waals surface area contributed by atoms with Crippen molar-refractivity contribution >= 4 is 18.4 Å². The Morgan fingerprint density at radius 3 is 2.00 bits per heavy atom. The highest BCUT2D eigenvalue weighted by Crippen LogP contribution is 1.73. The first-order valence-corrected chi connectivity index (χ1v) is 2.61. The number of aromatic nitrogens is 1. The molecule has 0 unspecified atom stereocenters. The highest BCUT2D eigenvalue weighted by Gasteiger charge is 1.94. The second-order valence-corrected chi connectivity index (χ2v) is 1.67. The van der Waals surface area contributed by atoms with Gasteiger partial charge in [-0.1, -0.05) is 6.07 Å². The zero-order valence-corrected chi connectivity index (χ0v) is 6.14. The van der Waals surface area contributed by atoms with Gasteiger partial charge in [-0.05, 0) is 12.1 Å². The van der Waals surface area contributed by atoms with E-state index in [-0.39, 0.29) is 18.4 Å². The average Bonchev–Trinajstić information content (AvgIpc) is 1.90. The number of hydrogen-bond donors (Lipinski definition) is 2. The molecule has 0 radical (unpaired) electrons. The standard InChI is InChI=1S/C6H8N3.ClH/c7-6(8)9-4-2-1-3-5-9;/h1-5H,(H3,7,8);1H/q+1;. The third kappa shape index (κ3) is 2.03. The van der Waals surface area contributed by atoms with Crippen molar-refractivity contribution in [3.8, 4) is 0 Å². The molecule has 0 aliphatic carbocycles. The van der Waals surface area contributed by atoms with Crippen LogP contribution in [0.2, 0.25) is 0 Å². The molecule has 54 valence electrons. The first-order valence-electron chi connectivity index (χ1n) is 2.61. The third-order valence-electron chi connectivity index (χ3n) is 0.994. The van der Waals surface area contributed by atoms with Gasteiger partial charge in [0.1, 0.15) is 0 Å². The largest absolute Gasteiger partial charge is 0.386 e. The van der Waals surface area contributed by atoms with E-state index in [4.69, 9.17) is 11.1 Å². The molecule has 0 amide bonds. The Kier molecular flexibility index (Phi) is 3.43. The molecule has 0 aliphatic rings. The summed E-state index contributed by atoms with van der Waals surface area (Å²) in [5, 5.41) is 6.98. The maximum atomic E-state index is 6.98. The van der Waals surface area contributed by atoms with Gasteiger partial charge in [-0.3, -0.25) is 5.73 Å². The second-order valence-electron chi connectivity index (χ2n) is 1.67. The number of nitrogens with zero attached hydrogens (tertiary/aromatic N) is 1. The van der Waals surface area contributed by atoms with E-state index in [9.17, 15) is 0 Å². The van der Waals surface area contributed by atoms with Crippen molar-refractivity contribution < 1.29 is 4.57 Å². The van der Waals surface area contributed by atoms with E-state index in [1.165, 1.54) is 4.57 Å². The molecule has 0 fully saturated rings. The van der Waals surface area contributed by atoms with Gasteiger partial charge in [0.25, 0.3) is 0 Å². The van der Waals surface area contributed by atoms with E-state index in [1.54, 1.807) is 12.4 Å². The molecule has 1 aromatic heterocycles. The summed E-state index contributed by atoms with van der Waals surface area (Å²) in [6.07, 6.45) is 3.45. The molecule has 0 spiro atoms. The minimum Gasteiger partial charge on any atom is -0.287 e. The molecule has 10 heavy (non-hydrogen) atoms. The maximum Gasteiger partial charge on any atom is 0.386 e.